The minimum atomic E-state index is -0.955. The normalized spacial score (nSPS) is 13.2. The van der Waals surface area contributed by atoms with Crippen LogP contribution >= 0.6 is 11.6 Å². The summed E-state index contributed by atoms with van der Waals surface area (Å²) < 4.78 is 12.9. The number of benzene rings is 1. The van der Waals surface area contributed by atoms with Crippen molar-refractivity contribution >= 4 is 28.5 Å². The van der Waals surface area contributed by atoms with Crippen molar-refractivity contribution in [2.75, 3.05) is 12.8 Å². The fourth-order valence-electron chi connectivity index (χ4n) is 3.97. The molecule has 3 N–H and O–H groups in total. The van der Waals surface area contributed by atoms with Crippen molar-refractivity contribution in [2.24, 2.45) is 0 Å². The number of aryl methyl sites for hydroxylation is 1. The Morgan fingerprint density at radius 2 is 1.91 bits per heavy atom. The van der Waals surface area contributed by atoms with Gasteiger partial charge in [-0.25, -0.2) is 19.6 Å². The molecular weight excluding hydrogens is 444 g/mol. The molecule has 3 heterocycles. The lowest BCUT2D eigenvalue weighted by Gasteiger charge is -2.22. The molecule has 0 bridgehead atoms. The van der Waals surface area contributed by atoms with E-state index in [-0.39, 0.29) is 6.04 Å². The van der Waals surface area contributed by atoms with E-state index in [9.17, 15) is 5.11 Å². The highest BCUT2D eigenvalue weighted by Gasteiger charge is 2.25. The van der Waals surface area contributed by atoms with Crippen molar-refractivity contribution in [3.8, 4) is 22.8 Å². The van der Waals surface area contributed by atoms with E-state index >= 15 is 0 Å². The highest BCUT2D eigenvalue weighted by Crippen LogP contribution is 2.43. The molecule has 3 aromatic heterocycles. The molecular formula is C23H25ClN6O3. The van der Waals surface area contributed by atoms with Crippen LogP contribution in [0.15, 0.2) is 30.7 Å². The molecule has 0 aliphatic heterocycles. The Balaban J connectivity index is 1.87. The minimum Gasteiger partial charge on any atom is -0.496 e. The van der Waals surface area contributed by atoms with Gasteiger partial charge in [0.25, 0.3) is 0 Å². The number of nitrogen functional groups attached to an aromatic ring is 1. The molecule has 9 nitrogen and oxygen atoms in total. The lowest BCUT2D eigenvalue weighted by molar-refractivity contribution is -0.00367. The Morgan fingerprint density at radius 1 is 1.15 bits per heavy atom. The number of methoxy groups -OCH3 is 1. The van der Waals surface area contributed by atoms with E-state index in [4.69, 9.17) is 26.8 Å². The predicted octanol–water partition coefficient (Wildman–Crippen LogP) is 4.08. The van der Waals surface area contributed by atoms with Crippen LogP contribution < -0.4 is 15.2 Å². The molecule has 2 unspecified atom stereocenters. The number of ether oxygens (including phenoxy) is 2. The first-order chi connectivity index (χ1) is 15.7. The molecule has 0 saturated heterocycles. The summed E-state index contributed by atoms with van der Waals surface area (Å²) in [7, 11) is 1.62. The monoisotopic (exact) mass is 468 g/mol. The van der Waals surface area contributed by atoms with E-state index in [0.717, 1.165) is 33.3 Å². The van der Waals surface area contributed by atoms with Gasteiger partial charge >= 0.3 is 0 Å². The number of anilines is 1. The summed E-state index contributed by atoms with van der Waals surface area (Å²) >= 11 is 6.67. The van der Waals surface area contributed by atoms with Gasteiger partial charge in [-0.05, 0) is 45.4 Å². The number of hydrogen-bond donors (Lipinski definition) is 2. The third-order valence-corrected chi connectivity index (χ3v) is 5.93. The van der Waals surface area contributed by atoms with Crippen molar-refractivity contribution in [1.82, 2.24) is 24.7 Å². The Kier molecular flexibility index (Phi) is 6.09. The second-order valence-corrected chi connectivity index (χ2v) is 8.15. The predicted molar refractivity (Wildman–Crippen MR) is 127 cm³/mol. The van der Waals surface area contributed by atoms with Gasteiger partial charge in [-0.3, -0.25) is 0 Å². The zero-order chi connectivity index (χ0) is 23.9. The molecule has 172 valence electrons. The first kappa shape index (κ1) is 22.8. The highest BCUT2D eigenvalue weighted by atomic mass is 35.5. The maximum atomic E-state index is 9.43. The van der Waals surface area contributed by atoms with E-state index in [2.05, 4.69) is 20.1 Å². The fraction of sp³-hybridized carbons (Fsp3) is 0.304. The van der Waals surface area contributed by atoms with Crippen LogP contribution in [0.2, 0.25) is 5.02 Å². The number of rotatable bonds is 6. The SMILES string of the molecule is COc1c(C(C)n2nc(C)c3c(N)ncnc32)cc(Cl)c(C)c1-c1ccc(OC(C)O)nc1. The summed E-state index contributed by atoms with van der Waals surface area (Å²) in [5, 5.41) is 15.4. The third kappa shape index (κ3) is 4.05. The average molecular weight is 469 g/mol. The summed E-state index contributed by atoms with van der Waals surface area (Å²) in [5.41, 5.74) is 10.7. The molecule has 0 spiro atoms. The molecule has 10 heteroatoms. The fourth-order valence-corrected chi connectivity index (χ4v) is 4.18. The summed E-state index contributed by atoms with van der Waals surface area (Å²) in [6, 6.07) is 5.15. The number of fused-ring (bicyclic) bond motifs is 1. The quantitative estimate of drug-likeness (QED) is 0.406. The van der Waals surface area contributed by atoms with E-state index in [1.807, 2.05) is 32.9 Å². The van der Waals surface area contributed by atoms with E-state index in [0.29, 0.717) is 28.1 Å². The molecule has 4 rings (SSSR count). The molecule has 4 aromatic rings. The van der Waals surface area contributed by atoms with Crippen molar-refractivity contribution in [3.05, 3.63) is 52.6 Å². The van der Waals surface area contributed by atoms with Crippen molar-refractivity contribution in [1.29, 1.82) is 0 Å². The Labute approximate surface area is 196 Å². The third-order valence-electron chi connectivity index (χ3n) is 5.54. The molecule has 1 aromatic carbocycles. The van der Waals surface area contributed by atoms with E-state index in [1.165, 1.54) is 13.3 Å². The number of nitrogens with two attached hydrogens (primary N) is 1. The van der Waals surface area contributed by atoms with Gasteiger partial charge in [0.2, 0.25) is 5.88 Å². The van der Waals surface area contributed by atoms with Crippen LogP contribution in [-0.4, -0.2) is 43.2 Å². The molecule has 0 saturated carbocycles. The summed E-state index contributed by atoms with van der Waals surface area (Å²) in [6.45, 7) is 7.32. The van der Waals surface area contributed by atoms with Crippen molar-refractivity contribution in [3.63, 3.8) is 0 Å². The van der Waals surface area contributed by atoms with Gasteiger partial charge in [-0.2, -0.15) is 5.10 Å². The highest BCUT2D eigenvalue weighted by molar-refractivity contribution is 6.32. The number of aromatic nitrogens is 5. The maximum Gasteiger partial charge on any atom is 0.215 e. The topological polar surface area (TPSA) is 121 Å². The molecule has 0 radical (unpaired) electrons. The number of nitrogens with zero attached hydrogens (tertiary/aromatic N) is 5. The summed E-state index contributed by atoms with van der Waals surface area (Å²) in [5.74, 6) is 1.35. The smallest absolute Gasteiger partial charge is 0.215 e. The zero-order valence-electron chi connectivity index (χ0n) is 19.0. The maximum absolute atomic E-state index is 9.43. The number of aliphatic hydroxyl groups is 1. The largest absolute Gasteiger partial charge is 0.496 e. The number of aliphatic hydroxyl groups excluding tert-OH is 1. The summed E-state index contributed by atoms with van der Waals surface area (Å²) in [4.78, 5) is 12.8. The van der Waals surface area contributed by atoms with Crippen LogP contribution in [0.25, 0.3) is 22.2 Å². The number of hydrogen-bond acceptors (Lipinski definition) is 8. The van der Waals surface area contributed by atoms with E-state index < -0.39 is 6.29 Å². The Hall–Kier alpha value is -3.43. The van der Waals surface area contributed by atoms with Gasteiger partial charge in [-0.15, -0.1) is 0 Å². The molecule has 0 aliphatic rings. The van der Waals surface area contributed by atoms with Gasteiger partial charge in [0, 0.05) is 34.0 Å². The molecule has 33 heavy (non-hydrogen) atoms. The average Bonchev–Trinajstić information content (AvgIpc) is 3.12. The van der Waals surface area contributed by atoms with Gasteiger partial charge in [0.15, 0.2) is 11.9 Å². The Bertz CT molecular complexity index is 1320. The number of halogens is 1. The second kappa shape index (κ2) is 8.84. The lowest BCUT2D eigenvalue weighted by atomic mass is 9.94. The van der Waals surface area contributed by atoms with Crippen LogP contribution in [-0.2, 0) is 0 Å². The van der Waals surface area contributed by atoms with Crippen LogP contribution in [0, 0.1) is 13.8 Å². The summed E-state index contributed by atoms with van der Waals surface area (Å²) in [6.07, 6.45) is 2.13. The van der Waals surface area contributed by atoms with Crippen LogP contribution in [0.4, 0.5) is 5.82 Å². The first-order valence-electron chi connectivity index (χ1n) is 10.4. The van der Waals surface area contributed by atoms with Crippen LogP contribution in [0.1, 0.15) is 36.7 Å². The van der Waals surface area contributed by atoms with Crippen LogP contribution in [0.3, 0.4) is 0 Å². The molecule has 0 amide bonds. The van der Waals surface area contributed by atoms with Gasteiger partial charge in [-0.1, -0.05) is 11.6 Å². The molecule has 2 atom stereocenters. The Morgan fingerprint density at radius 3 is 2.55 bits per heavy atom. The van der Waals surface area contributed by atoms with Gasteiger partial charge < -0.3 is 20.3 Å². The minimum absolute atomic E-state index is 0.270. The van der Waals surface area contributed by atoms with Gasteiger partial charge in [0.1, 0.15) is 17.9 Å². The second-order valence-electron chi connectivity index (χ2n) is 7.75. The van der Waals surface area contributed by atoms with Crippen molar-refractivity contribution in [2.45, 2.75) is 40.0 Å². The zero-order valence-corrected chi connectivity index (χ0v) is 19.8. The van der Waals surface area contributed by atoms with Crippen LogP contribution in [0.5, 0.6) is 11.6 Å². The number of pyridine rings is 1. The van der Waals surface area contributed by atoms with E-state index in [1.54, 1.807) is 24.1 Å². The molecule has 0 fully saturated rings. The van der Waals surface area contributed by atoms with Gasteiger partial charge in [0.05, 0.1) is 24.2 Å². The standard InChI is InChI=1S/C23H25ClN6O3/c1-11-17(24)8-16(13(3)30-23-20(12(2)29-30)22(25)27-10-28-23)21(32-5)19(11)15-6-7-18(26-9-15)33-14(4)31/h6-10,13-14,31H,1-5H3,(H2,25,27,28). The first-order valence-corrected chi connectivity index (χ1v) is 10.7. The van der Waals surface area contributed by atoms with Crippen molar-refractivity contribution < 1.29 is 14.6 Å². The lowest BCUT2D eigenvalue weighted by Crippen LogP contribution is -2.12. The molecule has 0 aliphatic carbocycles.